The number of rotatable bonds is 5. The Morgan fingerprint density at radius 2 is 2.26 bits per heavy atom. The number of aliphatic carboxylic acids is 1. The van der Waals surface area contributed by atoms with Crippen LogP contribution in [0.5, 0.6) is 0 Å². The first-order chi connectivity index (χ1) is 8.95. The Kier molecular flexibility index (Phi) is 3.99. The summed E-state index contributed by atoms with van der Waals surface area (Å²) < 4.78 is 5.37. The maximum absolute atomic E-state index is 11.6. The molecule has 0 spiro atoms. The molecule has 2 unspecified atom stereocenters. The number of hydrogen-bond acceptors (Lipinski definition) is 3. The Balaban J connectivity index is 2.02. The third-order valence-electron chi connectivity index (χ3n) is 4.56. The van der Waals surface area contributed by atoms with Gasteiger partial charge >= 0.3 is 5.97 Å². The molecule has 0 aliphatic carbocycles. The molecule has 1 aromatic rings. The molecule has 1 N–H and O–H groups in total. The number of carboxylic acid groups (broad SMARTS) is 1. The normalized spacial score (nSPS) is 25.9. The van der Waals surface area contributed by atoms with Gasteiger partial charge in [-0.2, -0.15) is 0 Å². The van der Waals surface area contributed by atoms with Gasteiger partial charge in [-0.3, -0.25) is 9.69 Å². The van der Waals surface area contributed by atoms with Gasteiger partial charge < -0.3 is 9.52 Å². The predicted molar refractivity (Wildman–Crippen MR) is 73.0 cm³/mol. The van der Waals surface area contributed by atoms with Gasteiger partial charge in [-0.05, 0) is 37.9 Å². The molecule has 1 aliphatic heterocycles. The summed E-state index contributed by atoms with van der Waals surface area (Å²) in [4.78, 5) is 13.9. The minimum absolute atomic E-state index is 0.158. The summed E-state index contributed by atoms with van der Waals surface area (Å²) in [5, 5.41) is 9.55. The molecular weight excluding hydrogens is 242 g/mol. The monoisotopic (exact) mass is 265 g/mol. The molecule has 0 saturated carbocycles. The summed E-state index contributed by atoms with van der Waals surface area (Å²) in [6.07, 6.45) is 3.25. The molecule has 1 fully saturated rings. The van der Waals surface area contributed by atoms with Gasteiger partial charge in [0.15, 0.2) is 0 Å². The van der Waals surface area contributed by atoms with Gasteiger partial charge in [0.2, 0.25) is 0 Å². The van der Waals surface area contributed by atoms with E-state index in [0.717, 1.165) is 25.1 Å². The number of likely N-dealkylation sites (tertiary alicyclic amines) is 1. The van der Waals surface area contributed by atoms with E-state index in [-0.39, 0.29) is 5.92 Å². The highest BCUT2D eigenvalue weighted by Crippen LogP contribution is 2.39. The Morgan fingerprint density at radius 1 is 1.53 bits per heavy atom. The minimum Gasteiger partial charge on any atom is -0.481 e. The zero-order valence-electron chi connectivity index (χ0n) is 11.9. The standard InChI is InChI=1S/C15H23NO3/c1-11(2)15(14(17)18)6-7-16(10-15)12(3)9-13-5-4-8-19-13/h4-5,8,11-12H,6-7,9-10H2,1-3H3,(H,17,18). The second-order valence-corrected chi connectivity index (χ2v) is 5.97. The van der Waals surface area contributed by atoms with Crippen LogP contribution < -0.4 is 0 Å². The molecule has 2 atom stereocenters. The lowest BCUT2D eigenvalue weighted by Gasteiger charge is -2.30. The summed E-state index contributed by atoms with van der Waals surface area (Å²) in [6.45, 7) is 7.65. The smallest absolute Gasteiger partial charge is 0.311 e. The van der Waals surface area contributed by atoms with E-state index in [1.807, 2.05) is 26.0 Å². The maximum Gasteiger partial charge on any atom is 0.311 e. The second-order valence-electron chi connectivity index (χ2n) is 5.97. The Labute approximate surface area is 114 Å². The molecule has 2 heterocycles. The lowest BCUT2D eigenvalue weighted by molar-refractivity contribution is -0.151. The summed E-state index contributed by atoms with van der Waals surface area (Å²) >= 11 is 0. The third-order valence-corrected chi connectivity index (χ3v) is 4.56. The first kappa shape index (κ1) is 14.1. The predicted octanol–water partition coefficient (Wildman–Crippen LogP) is 2.64. The van der Waals surface area contributed by atoms with Crippen molar-refractivity contribution in [1.82, 2.24) is 4.90 Å². The minimum atomic E-state index is -0.657. The summed E-state index contributed by atoms with van der Waals surface area (Å²) in [5.41, 5.74) is -0.586. The molecule has 0 radical (unpaired) electrons. The summed E-state index contributed by atoms with van der Waals surface area (Å²) in [6, 6.07) is 4.17. The van der Waals surface area contributed by atoms with Gasteiger partial charge in [0, 0.05) is 19.0 Å². The van der Waals surface area contributed by atoms with E-state index in [9.17, 15) is 9.90 Å². The van der Waals surface area contributed by atoms with E-state index in [1.165, 1.54) is 0 Å². The lowest BCUT2D eigenvalue weighted by atomic mass is 9.76. The number of nitrogens with zero attached hydrogens (tertiary/aromatic N) is 1. The summed E-state index contributed by atoms with van der Waals surface area (Å²) in [7, 11) is 0. The number of furan rings is 1. The number of hydrogen-bond donors (Lipinski definition) is 1. The van der Waals surface area contributed by atoms with Crippen molar-refractivity contribution < 1.29 is 14.3 Å². The third kappa shape index (κ3) is 2.68. The van der Waals surface area contributed by atoms with Gasteiger partial charge in [0.25, 0.3) is 0 Å². The molecule has 2 rings (SSSR count). The topological polar surface area (TPSA) is 53.7 Å². The van der Waals surface area contributed by atoms with Crippen LogP contribution in [0, 0.1) is 11.3 Å². The molecule has 4 nitrogen and oxygen atoms in total. The van der Waals surface area contributed by atoms with Gasteiger partial charge in [0.05, 0.1) is 11.7 Å². The molecule has 4 heteroatoms. The second kappa shape index (κ2) is 5.37. The molecule has 0 aromatic carbocycles. The van der Waals surface area contributed by atoms with Crippen LogP contribution in [-0.4, -0.2) is 35.1 Å². The Morgan fingerprint density at radius 3 is 2.74 bits per heavy atom. The molecule has 106 valence electrons. The highest BCUT2D eigenvalue weighted by molar-refractivity contribution is 5.75. The lowest BCUT2D eigenvalue weighted by Crippen LogP contribution is -2.41. The van der Waals surface area contributed by atoms with Crippen LogP contribution in [0.2, 0.25) is 0 Å². The van der Waals surface area contributed by atoms with E-state index in [0.29, 0.717) is 12.6 Å². The van der Waals surface area contributed by atoms with Crippen LogP contribution in [-0.2, 0) is 11.2 Å². The zero-order chi connectivity index (χ0) is 14.0. The molecule has 1 aliphatic rings. The maximum atomic E-state index is 11.6. The fourth-order valence-electron chi connectivity index (χ4n) is 2.98. The first-order valence-electron chi connectivity index (χ1n) is 6.95. The van der Waals surface area contributed by atoms with Crippen LogP contribution in [0.1, 0.15) is 33.0 Å². The average Bonchev–Trinajstić information content (AvgIpc) is 2.97. The van der Waals surface area contributed by atoms with Crippen molar-refractivity contribution in [1.29, 1.82) is 0 Å². The molecule has 0 amide bonds. The van der Waals surface area contributed by atoms with Crippen molar-refractivity contribution >= 4 is 5.97 Å². The van der Waals surface area contributed by atoms with Crippen molar-refractivity contribution in [2.45, 2.75) is 39.7 Å². The zero-order valence-corrected chi connectivity index (χ0v) is 11.9. The van der Waals surface area contributed by atoms with Crippen molar-refractivity contribution in [2.24, 2.45) is 11.3 Å². The highest BCUT2D eigenvalue weighted by Gasteiger charge is 2.48. The van der Waals surface area contributed by atoms with Crippen molar-refractivity contribution in [3.63, 3.8) is 0 Å². The van der Waals surface area contributed by atoms with E-state index >= 15 is 0 Å². The fraction of sp³-hybridized carbons (Fsp3) is 0.667. The SMILES string of the molecule is CC(Cc1ccco1)N1CCC(C(=O)O)(C(C)C)C1. The van der Waals surface area contributed by atoms with Gasteiger partial charge in [-0.1, -0.05) is 13.8 Å². The van der Waals surface area contributed by atoms with Gasteiger partial charge in [-0.15, -0.1) is 0 Å². The first-order valence-corrected chi connectivity index (χ1v) is 6.95. The van der Waals surface area contributed by atoms with Crippen LogP contribution in [0.15, 0.2) is 22.8 Å². The molecule has 19 heavy (non-hydrogen) atoms. The number of carbonyl (C=O) groups is 1. The molecule has 0 bridgehead atoms. The summed E-state index contributed by atoms with van der Waals surface area (Å²) in [5.74, 6) is 0.464. The average molecular weight is 265 g/mol. The van der Waals surface area contributed by atoms with Crippen LogP contribution >= 0.6 is 0 Å². The largest absolute Gasteiger partial charge is 0.481 e. The van der Waals surface area contributed by atoms with Crippen LogP contribution in [0.4, 0.5) is 0 Å². The molecular formula is C15H23NO3. The number of carboxylic acids is 1. The Hall–Kier alpha value is -1.29. The Bertz CT molecular complexity index is 427. The van der Waals surface area contributed by atoms with E-state index in [2.05, 4.69) is 11.8 Å². The quantitative estimate of drug-likeness (QED) is 0.889. The van der Waals surface area contributed by atoms with E-state index in [1.54, 1.807) is 6.26 Å². The van der Waals surface area contributed by atoms with E-state index in [4.69, 9.17) is 4.42 Å². The van der Waals surface area contributed by atoms with E-state index < -0.39 is 11.4 Å². The van der Waals surface area contributed by atoms with Crippen molar-refractivity contribution in [2.75, 3.05) is 13.1 Å². The van der Waals surface area contributed by atoms with Crippen molar-refractivity contribution in [3.05, 3.63) is 24.2 Å². The fourth-order valence-corrected chi connectivity index (χ4v) is 2.98. The van der Waals surface area contributed by atoms with Gasteiger partial charge in [0.1, 0.15) is 5.76 Å². The van der Waals surface area contributed by atoms with Crippen molar-refractivity contribution in [3.8, 4) is 0 Å². The van der Waals surface area contributed by atoms with Gasteiger partial charge in [-0.25, -0.2) is 0 Å². The molecule has 1 aromatic heterocycles. The highest BCUT2D eigenvalue weighted by atomic mass is 16.4. The van der Waals surface area contributed by atoms with Crippen LogP contribution in [0.3, 0.4) is 0 Å². The molecule has 1 saturated heterocycles. The van der Waals surface area contributed by atoms with Crippen LogP contribution in [0.25, 0.3) is 0 Å².